The molecule has 0 saturated heterocycles. The number of sulfonamides is 1. The van der Waals surface area contributed by atoms with Crippen LogP contribution >= 0.6 is 0 Å². The number of carbonyl (C=O) groups is 2. The largest absolute Gasteiger partial charge is 0.335 e. The highest BCUT2D eigenvalue weighted by atomic mass is 32.2. The number of amides is 2. The molecule has 1 aromatic heterocycles. The molecule has 9 heteroatoms. The minimum atomic E-state index is -4.01. The summed E-state index contributed by atoms with van der Waals surface area (Å²) in [5.41, 5.74) is 0.644. The summed E-state index contributed by atoms with van der Waals surface area (Å²) in [7, 11) is -4.01. The third-order valence-corrected chi connectivity index (χ3v) is 6.27. The smallest absolute Gasteiger partial charge is 0.264 e. The second-order valence-corrected chi connectivity index (χ2v) is 10.5. The first-order valence-corrected chi connectivity index (χ1v) is 11.6. The molecule has 2 amide bonds. The zero-order valence-corrected chi connectivity index (χ0v) is 19.2. The van der Waals surface area contributed by atoms with E-state index in [1.54, 1.807) is 35.9 Å². The Morgan fingerprint density at radius 2 is 1.72 bits per heavy atom. The molecule has 0 aliphatic heterocycles. The van der Waals surface area contributed by atoms with Crippen molar-refractivity contribution in [1.82, 2.24) is 9.29 Å². The van der Waals surface area contributed by atoms with E-state index in [0.717, 1.165) is 0 Å². The van der Waals surface area contributed by atoms with Crippen LogP contribution in [0.25, 0.3) is 10.9 Å². The Morgan fingerprint density at radius 1 is 1.06 bits per heavy atom. The van der Waals surface area contributed by atoms with Crippen LogP contribution < -0.4 is 10.0 Å². The number of fused-ring (bicyclic) bond motifs is 1. The Morgan fingerprint density at radius 3 is 2.34 bits per heavy atom. The number of nitrogens with zero attached hydrogens (tertiary/aromatic N) is 1. The SMILES string of the molecule is CC(C(=O)Nc1ccc(S(=O)(=O)NC(=O)CC(C)(C)C)cc1)n1ccc2c(F)cccc21. The summed E-state index contributed by atoms with van der Waals surface area (Å²) in [5, 5.41) is 3.15. The maximum absolute atomic E-state index is 13.9. The van der Waals surface area contributed by atoms with Gasteiger partial charge in [0.05, 0.1) is 10.4 Å². The Balaban J connectivity index is 1.70. The molecule has 3 rings (SSSR count). The van der Waals surface area contributed by atoms with E-state index in [-0.39, 0.29) is 28.5 Å². The zero-order chi connectivity index (χ0) is 23.7. The molecule has 0 bridgehead atoms. The molecule has 3 aromatic rings. The summed E-state index contributed by atoms with van der Waals surface area (Å²) in [6, 6.07) is 11.2. The second-order valence-electron chi connectivity index (χ2n) is 8.85. The van der Waals surface area contributed by atoms with Crippen molar-refractivity contribution in [2.45, 2.75) is 45.1 Å². The lowest BCUT2D eigenvalue weighted by atomic mass is 9.92. The number of anilines is 1. The van der Waals surface area contributed by atoms with E-state index in [9.17, 15) is 22.4 Å². The van der Waals surface area contributed by atoms with Crippen LogP contribution in [-0.2, 0) is 19.6 Å². The van der Waals surface area contributed by atoms with E-state index < -0.39 is 22.0 Å². The highest BCUT2D eigenvalue weighted by Crippen LogP contribution is 2.24. The molecule has 170 valence electrons. The van der Waals surface area contributed by atoms with Gasteiger partial charge in [-0.25, -0.2) is 17.5 Å². The Bertz CT molecular complexity index is 1260. The third-order valence-electron chi connectivity index (χ3n) is 4.88. The van der Waals surface area contributed by atoms with Gasteiger partial charge in [-0.2, -0.15) is 0 Å². The molecule has 0 saturated carbocycles. The fourth-order valence-electron chi connectivity index (χ4n) is 3.31. The van der Waals surface area contributed by atoms with E-state index in [1.807, 2.05) is 20.8 Å². The Kier molecular flexibility index (Phi) is 6.41. The number of halogens is 1. The predicted molar refractivity (Wildman–Crippen MR) is 121 cm³/mol. The minimum Gasteiger partial charge on any atom is -0.335 e. The van der Waals surface area contributed by atoms with Crippen molar-refractivity contribution >= 4 is 38.4 Å². The molecule has 1 heterocycles. The quantitative estimate of drug-likeness (QED) is 0.577. The van der Waals surface area contributed by atoms with Gasteiger partial charge in [0.25, 0.3) is 10.0 Å². The van der Waals surface area contributed by atoms with Crippen molar-refractivity contribution in [1.29, 1.82) is 0 Å². The number of carbonyl (C=O) groups excluding carboxylic acids is 2. The van der Waals surface area contributed by atoms with Gasteiger partial charge in [-0.15, -0.1) is 0 Å². The summed E-state index contributed by atoms with van der Waals surface area (Å²) < 4.78 is 42.5. The zero-order valence-electron chi connectivity index (χ0n) is 18.3. The average Bonchev–Trinajstić information content (AvgIpc) is 3.11. The lowest BCUT2D eigenvalue weighted by molar-refractivity contribution is -0.121. The summed E-state index contributed by atoms with van der Waals surface area (Å²) >= 11 is 0. The molecule has 0 aliphatic rings. The maximum Gasteiger partial charge on any atom is 0.264 e. The van der Waals surface area contributed by atoms with E-state index in [4.69, 9.17) is 0 Å². The molecule has 32 heavy (non-hydrogen) atoms. The number of benzene rings is 2. The molecule has 1 unspecified atom stereocenters. The van der Waals surface area contributed by atoms with Gasteiger partial charge < -0.3 is 9.88 Å². The van der Waals surface area contributed by atoms with Crippen molar-refractivity contribution in [3.63, 3.8) is 0 Å². The van der Waals surface area contributed by atoms with Crippen LogP contribution in [0, 0.1) is 11.2 Å². The van der Waals surface area contributed by atoms with Crippen molar-refractivity contribution in [2.75, 3.05) is 5.32 Å². The molecule has 1 atom stereocenters. The fourth-order valence-corrected chi connectivity index (χ4v) is 4.29. The number of aromatic nitrogens is 1. The van der Waals surface area contributed by atoms with Gasteiger partial charge >= 0.3 is 0 Å². The number of hydrogen-bond donors (Lipinski definition) is 2. The highest BCUT2D eigenvalue weighted by molar-refractivity contribution is 7.90. The van der Waals surface area contributed by atoms with Crippen molar-refractivity contribution in [3.05, 3.63) is 60.5 Å². The highest BCUT2D eigenvalue weighted by Gasteiger charge is 2.22. The first kappa shape index (κ1) is 23.5. The van der Waals surface area contributed by atoms with Crippen molar-refractivity contribution in [2.24, 2.45) is 5.41 Å². The van der Waals surface area contributed by atoms with Crippen LogP contribution in [0.15, 0.2) is 59.6 Å². The first-order valence-electron chi connectivity index (χ1n) is 10.1. The van der Waals surface area contributed by atoms with E-state index in [2.05, 4.69) is 10.0 Å². The third kappa shape index (κ3) is 5.34. The number of nitrogens with one attached hydrogen (secondary N) is 2. The lowest BCUT2D eigenvalue weighted by Gasteiger charge is -2.17. The lowest BCUT2D eigenvalue weighted by Crippen LogP contribution is -2.33. The van der Waals surface area contributed by atoms with Crippen molar-refractivity contribution in [3.8, 4) is 0 Å². The van der Waals surface area contributed by atoms with Crippen LogP contribution in [0.2, 0.25) is 0 Å². The van der Waals surface area contributed by atoms with E-state index in [0.29, 0.717) is 16.6 Å². The van der Waals surface area contributed by atoms with Crippen LogP contribution in [0.1, 0.15) is 40.2 Å². The summed E-state index contributed by atoms with van der Waals surface area (Å²) in [5.74, 6) is -1.29. The Labute approximate surface area is 186 Å². The van der Waals surface area contributed by atoms with Gasteiger partial charge in [0.2, 0.25) is 11.8 Å². The molecule has 7 nitrogen and oxygen atoms in total. The first-order chi connectivity index (χ1) is 14.9. The number of hydrogen-bond acceptors (Lipinski definition) is 4. The molecule has 0 spiro atoms. The monoisotopic (exact) mass is 459 g/mol. The molecular formula is C23H26FN3O4S. The van der Waals surface area contributed by atoms with Gasteiger partial charge in [0.15, 0.2) is 0 Å². The molecule has 0 aliphatic carbocycles. The summed E-state index contributed by atoms with van der Waals surface area (Å²) in [4.78, 5) is 24.6. The molecule has 0 fully saturated rings. The Hall–Kier alpha value is -3.20. The van der Waals surface area contributed by atoms with Crippen molar-refractivity contribution < 1.29 is 22.4 Å². The van der Waals surface area contributed by atoms with Gasteiger partial charge in [-0.1, -0.05) is 26.8 Å². The van der Waals surface area contributed by atoms with Crippen LogP contribution in [0.5, 0.6) is 0 Å². The van der Waals surface area contributed by atoms with Gasteiger partial charge in [-0.3, -0.25) is 9.59 Å². The molecule has 2 aromatic carbocycles. The van der Waals surface area contributed by atoms with Crippen LogP contribution in [0.3, 0.4) is 0 Å². The second kappa shape index (κ2) is 8.74. The summed E-state index contributed by atoms with van der Waals surface area (Å²) in [6.45, 7) is 7.20. The fraction of sp³-hybridized carbons (Fsp3) is 0.304. The molecular weight excluding hydrogens is 433 g/mol. The topological polar surface area (TPSA) is 97.3 Å². The number of rotatable bonds is 6. The molecule has 2 N–H and O–H groups in total. The normalized spacial score (nSPS) is 13.0. The van der Waals surface area contributed by atoms with Crippen LogP contribution in [-0.4, -0.2) is 24.8 Å². The van der Waals surface area contributed by atoms with Crippen LogP contribution in [0.4, 0.5) is 10.1 Å². The van der Waals surface area contributed by atoms with Gasteiger partial charge in [0.1, 0.15) is 11.9 Å². The minimum absolute atomic E-state index is 0.0657. The van der Waals surface area contributed by atoms with E-state index in [1.165, 1.54) is 30.3 Å². The predicted octanol–water partition coefficient (Wildman–Crippen LogP) is 4.22. The standard InChI is InChI=1S/C23H26FN3O4S/c1-15(27-13-12-18-19(24)6-5-7-20(18)27)22(29)25-16-8-10-17(11-9-16)32(30,31)26-21(28)14-23(2,3)4/h5-13,15H,14H2,1-4H3,(H,25,29)(H,26,28). The summed E-state index contributed by atoms with van der Waals surface area (Å²) in [6.07, 6.45) is 1.71. The van der Waals surface area contributed by atoms with E-state index >= 15 is 0 Å². The van der Waals surface area contributed by atoms with Gasteiger partial charge in [0, 0.05) is 23.7 Å². The maximum atomic E-state index is 13.9. The average molecular weight is 460 g/mol. The van der Waals surface area contributed by atoms with Gasteiger partial charge in [-0.05, 0) is 54.8 Å². The molecule has 0 radical (unpaired) electrons.